The van der Waals surface area contributed by atoms with Crippen molar-refractivity contribution in [2.45, 2.75) is 64.9 Å². The summed E-state index contributed by atoms with van der Waals surface area (Å²) in [5.41, 5.74) is 3.81. The fourth-order valence-corrected chi connectivity index (χ4v) is 5.25. The van der Waals surface area contributed by atoms with E-state index in [0.29, 0.717) is 42.2 Å². The molecule has 4 rings (SSSR count). The molecule has 3 atom stereocenters. The van der Waals surface area contributed by atoms with Gasteiger partial charge in [0.1, 0.15) is 5.78 Å². The highest BCUT2D eigenvalue weighted by molar-refractivity contribution is 6.12. The van der Waals surface area contributed by atoms with E-state index in [9.17, 15) is 9.59 Å². The van der Waals surface area contributed by atoms with Crippen molar-refractivity contribution in [2.24, 2.45) is 10.9 Å². The maximum absolute atomic E-state index is 13.7. The second-order valence-electron chi connectivity index (χ2n) is 9.75. The predicted molar refractivity (Wildman–Crippen MR) is 140 cm³/mol. The van der Waals surface area contributed by atoms with E-state index in [-0.39, 0.29) is 17.8 Å². The van der Waals surface area contributed by atoms with Crippen LogP contribution >= 0.6 is 0 Å². The fourth-order valence-electron chi connectivity index (χ4n) is 5.25. The third-order valence-corrected chi connectivity index (χ3v) is 6.80. The van der Waals surface area contributed by atoms with Crippen LogP contribution in [0.25, 0.3) is 0 Å². The average molecular weight is 490 g/mol. The number of rotatable bonds is 8. The fraction of sp³-hybridized carbons (Fsp3) is 0.433. The number of carbonyl (C=O) groups excluding carboxylic acids is 2. The Morgan fingerprint density at radius 1 is 1.03 bits per heavy atom. The Labute approximate surface area is 213 Å². The van der Waals surface area contributed by atoms with E-state index >= 15 is 0 Å². The Bertz CT molecular complexity index is 1180. The van der Waals surface area contributed by atoms with Gasteiger partial charge in [-0.15, -0.1) is 0 Å². The number of Topliss-reactive ketones (excluding diaryl/α,β-unsaturated/α-hetero) is 1. The number of ether oxygens (including phenoxy) is 3. The van der Waals surface area contributed by atoms with Crippen LogP contribution in [0.5, 0.6) is 11.5 Å². The first-order valence-corrected chi connectivity index (χ1v) is 12.7. The van der Waals surface area contributed by atoms with Crippen LogP contribution in [0, 0.1) is 5.92 Å². The maximum atomic E-state index is 13.7. The van der Waals surface area contributed by atoms with E-state index in [4.69, 9.17) is 19.2 Å². The summed E-state index contributed by atoms with van der Waals surface area (Å²) in [5, 5.41) is 0. The van der Waals surface area contributed by atoms with Gasteiger partial charge < -0.3 is 14.2 Å². The highest BCUT2D eigenvalue weighted by Gasteiger charge is 2.46. The molecule has 2 aliphatic rings. The number of esters is 1. The standard InChI is InChI=1S/C30H35NO5/c1-6-14-35-25-13-12-21(17-26(25)34-5)28-27(30(33)36-18(2)3)19(4)31-23-15-22(16-24(32)29(23)28)20-10-8-7-9-11-20/h7-13,17-18,22,28-29H,6,14-16H2,1-5H3/t22-,28-,29?/m1/s1. The van der Waals surface area contributed by atoms with Crippen LogP contribution in [0.3, 0.4) is 0 Å². The van der Waals surface area contributed by atoms with Crippen molar-refractivity contribution < 1.29 is 23.8 Å². The molecule has 1 unspecified atom stereocenters. The van der Waals surface area contributed by atoms with Gasteiger partial charge >= 0.3 is 5.97 Å². The smallest absolute Gasteiger partial charge is 0.336 e. The lowest BCUT2D eigenvalue weighted by atomic mass is 9.66. The maximum Gasteiger partial charge on any atom is 0.336 e. The number of aliphatic imine (C=N–C) groups is 1. The Kier molecular flexibility index (Phi) is 7.92. The molecule has 0 bridgehead atoms. The summed E-state index contributed by atoms with van der Waals surface area (Å²) in [7, 11) is 1.59. The lowest BCUT2D eigenvalue weighted by molar-refractivity contribution is -0.143. The second kappa shape index (κ2) is 11.1. The molecule has 0 saturated heterocycles. The number of carbonyl (C=O) groups is 2. The Hall–Kier alpha value is -3.41. The Balaban J connectivity index is 1.79. The molecule has 2 aromatic carbocycles. The van der Waals surface area contributed by atoms with E-state index in [0.717, 1.165) is 23.3 Å². The summed E-state index contributed by atoms with van der Waals surface area (Å²) in [4.78, 5) is 31.9. The van der Waals surface area contributed by atoms with Gasteiger partial charge in [-0.05, 0) is 62.8 Å². The van der Waals surface area contributed by atoms with Gasteiger partial charge in [0.15, 0.2) is 11.5 Å². The van der Waals surface area contributed by atoms with Crippen molar-refractivity contribution in [3.8, 4) is 11.5 Å². The van der Waals surface area contributed by atoms with E-state index in [1.54, 1.807) is 7.11 Å². The van der Waals surface area contributed by atoms with Crippen molar-refractivity contribution in [1.82, 2.24) is 0 Å². The Morgan fingerprint density at radius 3 is 2.44 bits per heavy atom. The number of hydrogen-bond acceptors (Lipinski definition) is 6. The molecular weight excluding hydrogens is 454 g/mol. The molecule has 36 heavy (non-hydrogen) atoms. The number of allylic oxidation sites excluding steroid dienone is 1. The molecule has 0 N–H and O–H groups in total. The van der Waals surface area contributed by atoms with Crippen LogP contribution in [0.1, 0.15) is 69.9 Å². The molecule has 0 aromatic heterocycles. The predicted octanol–water partition coefficient (Wildman–Crippen LogP) is 6.01. The number of methoxy groups -OCH3 is 1. The van der Waals surface area contributed by atoms with Gasteiger partial charge in [0.2, 0.25) is 0 Å². The Morgan fingerprint density at radius 2 is 1.78 bits per heavy atom. The molecule has 1 fully saturated rings. The molecule has 1 heterocycles. The summed E-state index contributed by atoms with van der Waals surface area (Å²) in [6.45, 7) is 8.09. The van der Waals surface area contributed by atoms with Crippen molar-refractivity contribution in [3.05, 3.63) is 70.9 Å². The minimum atomic E-state index is -0.518. The molecule has 6 heteroatoms. The lowest BCUT2D eigenvalue weighted by Gasteiger charge is -2.38. The molecule has 0 radical (unpaired) electrons. The van der Waals surface area contributed by atoms with Crippen LogP contribution in [-0.2, 0) is 14.3 Å². The normalized spacial score (nSPS) is 21.7. The summed E-state index contributed by atoms with van der Waals surface area (Å²) < 4.78 is 17.1. The molecule has 1 aliphatic heterocycles. The van der Waals surface area contributed by atoms with E-state index in [2.05, 4.69) is 12.1 Å². The van der Waals surface area contributed by atoms with Crippen LogP contribution in [0.2, 0.25) is 0 Å². The summed E-state index contributed by atoms with van der Waals surface area (Å²) in [5.74, 6) is -0.0723. The largest absolute Gasteiger partial charge is 0.493 e. The van der Waals surface area contributed by atoms with Gasteiger partial charge in [0.25, 0.3) is 0 Å². The van der Waals surface area contributed by atoms with Gasteiger partial charge in [0.05, 0.1) is 31.3 Å². The van der Waals surface area contributed by atoms with Crippen molar-refractivity contribution >= 4 is 17.5 Å². The van der Waals surface area contributed by atoms with Crippen molar-refractivity contribution in [1.29, 1.82) is 0 Å². The zero-order valence-electron chi connectivity index (χ0n) is 21.7. The van der Waals surface area contributed by atoms with E-state index in [1.807, 2.05) is 64.1 Å². The first-order chi connectivity index (χ1) is 17.3. The molecule has 6 nitrogen and oxygen atoms in total. The molecule has 2 aromatic rings. The van der Waals surface area contributed by atoms with Gasteiger partial charge in [0, 0.05) is 23.7 Å². The topological polar surface area (TPSA) is 74.2 Å². The number of hydrogen-bond donors (Lipinski definition) is 0. The third-order valence-electron chi connectivity index (χ3n) is 6.80. The van der Waals surface area contributed by atoms with Crippen LogP contribution in [-0.4, -0.2) is 37.3 Å². The molecule has 0 spiro atoms. The van der Waals surface area contributed by atoms with Gasteiger partial charge in [-0.1, -0.05) is 43.3 Å². The van der Waals surface area contributed by atoms with Crippen LogP contribution < -0.4 is 9.47 Å². The van der Waals surface area contributed by atoms with Crippen LogP contribution in [0.15, 0.2) is 64.8 Å². The van der Waals surface area contributed by atoms with Crippen LogP contribution in [0.4, 0.5) is 0 Å². The molecule has 1 saturated carbocycles. The van der Waals surface area contributed by atoms with Gasteiger partial charge in [-0.3, -0.25) is 9.79 Å². The molecule has 190 valence electrons. The number of fused-ring (bicyclic) bond motifs is 1. The SMILES string of the molecule is CCCOc1ccc([C@@H]2C(C(=O)OC(C)C)=C(C)N=C3C[C@@H](c4ccccc4)CC(=O)C32)cc1OC. The highest BCUT2D eigenvalue weighted by atomic mass is 16.5. The summed E-state index contributed by atoms with van der Waals surface area (Å²) in [6.07, 6.45) is 1.67. The van der Waals surface area contributed by atoms with E-state index in [1.165, 1.54) is 0 Å². The minimum absolute atomic E-state index is 0.0747. The minimum Gasteiger partial charge on any atom is -0.493 e. The highest BCUT2D eigenvalue weighted by Crippen LogP contribution is 2.47. The molecule has 1 aliphatic carbocycles. The first kappa shape index (κ1) is 25.7. The quantitative estimate of drug-likeness (QED) is 0.425. The third kappa shape index (κ3) is 5.23. The second-order valence-corrected chi connectivity index (χ2v) is 9.75. The molecular formula is C30H35NO5. The zero-order chi connectivity index (χ0) is 25.8. The number of nitrogens with zero attached hydrogens (tertiary/aromatic N) is 1. The average Bonchev–Trinajstić information content (AvgIpc) is 2.86. The molecule has 0 amide bonds. The monoisotopic (exact) mass is 489 g/mol. The lowest BCUT2D eigenvalue weighted by Crippen LogP contribution is -2.41. The van der Waals surface area contributed by atoms with Gasteiger partial charge in [-0.2, -0.15) is 0 Å². The summed E-state index contributed by atoms with van der Waals surface area (Å²) >= 11 is 0. The summed E-state index contributed by atoms with van der Waals surface area (Å²) in [6, 6.07) is 15.8. The number of benzene rings is 2. The zero-order valence-corrected chi connectivity index (χ0v) is 21.7. The van der Waals surface area contributed by atoms with Crippen molar-refractivity contribution in [2.75, 3.05) is 13.7 Å². The number of ketones is 1. The van der Waals surface area contributed by atoms with Crippen molar-refractivity contribution in [3.63, 3.8) is 0 Å². The first-order valence-electron chi connectivity index (χ1n) is 12.7. The van der Waals surface area contributed by atoms with Gasteiger partial charge in [-0.25, -0.2) is 4.79 Å². The van der Waals surface area contributed by atoms with E-state index < -0.39 is 17.8 Å².